The third kappa shape index (κ3) is 5.24. The van der Waals surface area contributed by atoms with Gasteiger partial charge in [0.2, 0.25) is 0 Å². The summed E-state index contributed by atoms with van der Waals surface area (Å²) in [7, 11) is 0. The van der Waals surface area contributed by atoms with Crippen LogP contribution in [0.3, 0.4) is 0 Å². The molecule has 1 aliphatic rings. The normalized spacial score (nSPS) is 13.8. The summed E-state index contributed by atoms with van der Waals surface area (Å²) in [5.41, 5.74) is 3.06. The number of hydrogen-bond acceptors (Lipinski definition) is 4. The largest absolute Gasteiger partial charge is 0.368 e. The van der Waals surface area contributed by atoms with E-state index < -0.39 is 0 Å². The number of piperazine rings is 1. The van der Waals surface area contributed by atoms with Crippen molar-refractivity contribution in [3.63, 3.8) is 0 Å². The first-order valence-corrected chi connectivity index (χ1v) is 10.4. The van der Waals surface area contributed by atoms with E-state index in [-0.39, 0.29) is 5.82 Å². The zero-order chi connectivity index (χ0) is 20.8. The van der Waals surface area contributed by atoms with Gasteiger partial charge in [-0.25, -0.2) is 9.37 Å². The maximum absolute atomic E-state index is 13.0. The maximum Gasteiger partial charge on any atom is 0.171 e. The molecule has 0 bridgehead atoms. The van der Waals surface area contributed by atoms with Crippen molar-refractivity contribution >= 4 is 34.5 Å². The van der Waals surface area contributed by atoms with Crippen LogP contribution in [0.15, 0.2) is 72.9 Å². The molecule has 2 heterocycles. The van der Waals surface area contributed by atoms with Crippen LogP contribution >= 0.6 is 12.2 Å². The number of rotatable bonds is 5. The first kappa shape index (κ1) is 20.1. The molecule has 5 nitrogen and oxygen atoms in total. The third-order valence-corrected chi connectivity index (χ3v) is 5.34. The minimum atomic E-state index is -0.243. The van der Waals surface area contributed by atoms with Gasteiger partial charge in [0.1, 0.15) is 11.6 Å². The van der Waals surface area contributed by atoms with E-state index in [1.807, 2.05) is 18.2 Å². The van der Waals surface area contributed by atoms with Gasteiger partial charge >= 0.3 is 0 Å². The van der Waals surface area contributed by atoms with Crippen LogP contribution in [0.2, 0.25) is 0 Å². The molecule has 2 N–H and O–H groups in total. The summed E-state index contributed by atoms with van der Waals surface area (Å²) in [5.74, 6) is 0.727. The summed E-state index contributed by atoms with van der Waals surface area (Å²) >= 11 is 5.34. The van der Waals surface area contributed by atoms with Crippen LogP contribution in [0.4, 0.5) is 21.6 Å². The smallest absolute Gasteiger partial charge is 0.171 e. The van der Waals surface area contributed by atoms with E-state index in [9.17, 15) is 4.39 Å². The Bertz CT molecular complexity index is 955. The molecule has 1 aromatic heterocycles. The van der Waals surface area contributed by atoms with Crippen LogP contribution in [0.25, 0.3) is 0 Å². The fraction of sp³-hybridized carbons (Fsp3) is 0.217. The maximum atomic E-state index is 13.0. The highest BCUT2D eigenvalue weighted by molar-refractivity contribution is 7.80. The first-order chi connectivity index (χ1) is 14.7. The summed E-state index contributed by atoms with van der Waals surface area (Å²) < 4.78 is 13.0. The van der Waals surface area contributed by atoms with Crippen molar-refractivity contribution in [2.75, 3.05) is 41.3 Å². The van der Waals surface area contributed by atoms with Crippen molar-refractivity contribution in [2.24, 2.45) is 0 Å². The van der Waals surface area contributed by atoms with Gasteiger partial charge in [0.15, 0.2) is 5.11 Å². The average Bonchev–Trinajstić information content (AvgIpc) is 2.80. The number of thiocarbonyl (C=S) groups is 1. The van der Waals surface area contributed by atoms with Crippen molar-refractivity contribution in [3.05, 3.63) is 84.3 Å². The van der Waals surface area contributed by atoms with Crippen molar-refractivity contribution < 1.29 is 4.39 Å². The van der Waals surface area contributed by atoms with E-state index in [1.54, 1.807) is 18.3 Å². The molecule has 0 saturated carbocycles. The molecular formula is C23H24FN5S. The minimum absolute atomic E-state index is 0.243. The summed E-state index contributed by atoms with van der Waals surface area (Å²) in [6.07, 6.45) is 1.80. The van der Waals surface area contributed by atoms with E-state index in [0.29, 0.717) is 11.7 Å². The zero-order valence-electron chi connectivity index (χ0n) is 16.6. The lowest BCUT2D eigenvalue weighted by Gasteiger charge is -2.36. The van der Waals surface area contributed by atoms with Crippen LogP contribution in [-0.2, 0) is 6.54 Å². The van der Waals surface area contributed by atoms with E-state index in [0.717, 1.165) is 43.2 Å². The number of benzene rings is 2. The SMILES string of the molecule is Fc1ccc(CNC(=S)Nc2ccc(N3CCN(c4ccccc4)CC3)nc2)cc1. The monoisotopic (exact) mass is 421 g/mol. The van der Waals surface area contributed by atoms with Crippen molar-refractivity contribution in [3.8, 4) is 0 Å². The molecule has 0 atom stereocenters. The summed E-state index contributed by atoms with van der Waals surface area (Å²) in [6.45, 7) is 4.36. The minimum Gasteiger partial charge on any atom is -0.368 e. The molecule has 1 fully saturated rings. The number of nitrogens with one attached hydrogen (secondary N) is 2. The van der Waals surface area contributed by atoms with Gasteiger partial charge in [-0.15, -0.1) is 0 Å². The summed E-state index contributed by atoms with van der Waals surface area (Å²) in [4.78, 5) is 9.30. The highest BCUT2D eigenvalue weighted by atomic mass is 32.1. The molecule has 1 saturated heterocycles. The Morgan fingerprint density at radius 3 is 2.27 bits per heavy atom. The molecule has 0 amide bonds. The van der Waals surface area contributed by atoms with Crippen molar-refractivity contribution in [2.45, 2.75) is 6.54 Å². The second kappa shape index (κ2) is 9.54. The van der Waals surface area contributed by atoms with E-state index in [4.69, 9.17) is 12.2 Å². The van der Waals surface area contributed by atoms with Crippen LogP contribution in [0.1, 0.15) is 5.56 Å². The number of nitrogens with zero attached hydrogens (tertiary/aromatic N) is 3. The van der Waals surface area contributed by atoms with Gasteiger partial charge in [-0.1, -0.05) is 30.3 Å². The van der Waals surface area contributed by atoms with Crippen LogP contribution in [-0.4, -0.2) is 36.3 Å². The fourth-order valence-electron chi connectivity index (χ4n) is 3.44. The molecule has 7 heteroatoms. The Morgan fingerprint density at radius 2 is 1.60 bits per heavy atom. The number of anilines is 3. The Labute approximate surface area is 181 Å². The van der Waals surface area contributed by atoms with Gasteiger partial charge in [0.05, 0.1) is 11.9 Å². The van der Waals surface area contributed by atoms with E-state index in [2.05, 4.69) is 49.7 Å². The molecule has 4 rings (SSSR count). The molecule has 30 heavy (non-hydrogen) atoms. The van der Waals surface area contributed by atoms with Crippen LogP contribution < -0.4 is 20.4 Å². The van der Waals surface area contributed by atoms with Crippen molar-refractivity contribution in [1.29, 1.82) is 0 Å². The van der Waals surface area contributed by atoms with Gasteiger partial charge < -0.3 is 20.4 Å². The van der Waals surface area contributed by atoms with Gasteiger partial charge in [-0.3, -0.25) is 0 Å². The van der Waals surface area contributed by atoms with Gasteiger partial charge in [-0.2, -0.15) is 0 Å². The lowest BCUT2D eigenvalue weighted by Crippen LogP contribution is -2.46. The molecule has 1 aliphatic heterocycles. The molecule has 3 aromatic rings. The Balaban J connectivity index is 1.26. The first-order valence-electron chi connectivity index (χ1n) is 9.98. The molecule has 0 aliphatic carbocycles. The highest BCUT2D eigenvalue weighted by Crippen LogP contribution is 2.20. The predicted molar refractivity (Wildman–Crippen MR) is 125 cm³/mol. The number of aromatic nitrogens is 1. The fourth-order valence-corrected chi connectivity index (χ4v) is 3.63. The number of pyridine rings is 1. The number of halogens is 1. The van der Waals surface area contributed by atoms with Gasteiger partial charge in [0, 0.05) is 38.4 Å². The summed E-state index contributed by atoms with van der Waals surface area (Å²) in [5, 5.41) is 6.76. The molecule has 154 valence electrons. The Hall–Kier alpha value is -3.19. The van der Waals surface area contributed by atoms with Gasteiger partial charge in [-0.05, 0) is 54.2 Å². The van der Waals surface area contributed by atoms with Crippen molar-refractivity contribution in [1.82, 2.24) is 10.3 Å². The number of para-hydroxylation sites is 1. The Kier molecular flexibility index (Phi) is 6.39. The molecule has 0 radical (unpaired) electrons. The predicted octanol–water partition coefficient (Wildman–Crippen LogP) is 4.03. The molecular weight excluding hydrogens is 397 g/mol. The van der Waals surface area contributed by atoms with E-state index >= 15 is 0 Å². The van der Waals surface area contributed by atoms with Gasteiger partial charge in [0.25, 0.3) is 0 Å². The standard InChI is InChI=1S/C23H24FN5S/c24-19-8-6-18(7-9-19)16-26-23(30)27-20-10-11-22(25-17-20)29-14-12-28(13-15-29)21-4-2-1-3-5-21/h1-11,17H,12-16H2,(H2,26,27,30). The highest BCUT2D eigenvalue weighted by Gasteiger charge is 2.18. The van der Waals surface area contributed by atoms with Crippen LogP contribution in [0, 0.1) is 5.82 Å². The Morgan fingerprint density at radius 1 is 0.900 bits per heavy atom. The van der Waals surface area contributed by atoms with E-state index in [1.165, 1.54) is 17.8 Å². The second-order valence-electron chi connectivity index (χ2n) is 7.15. The summed E-state index contributed by atoms with van der Waals surface area (Å²) in [6, 6.07) is 20.9. The topological polar surface area (TPSA) is 43.4 Å². The number of hydrogen-bond donors (Lipinski definition) is 2. The quantitative estimate of drug-likeness (QED) is 0.607. The van der Waals surface area contributed by atoms with Crippen LogP contribution in [0.5, 0.6) is 0 Å². The zero-order valence-corrected chi connectivity index (χ0v) is 17.4. The molecule has 0 spiro atoms. The molecule has 2 aromatic carbocycles. The molecule has 0 unspecified atom stereocenters. The third-order valence-electron chi connectivity index (χ3n) is 5.10. The lowest BCUT2D eigenvalue weighted by atomic mass is 10.2. The average molecular weight is 422 g/mol. The second-order valence-corrected chi connectivity index (χ2v) is 7.56. The lowest BCUT2D eigenvalue weighted by molar-refractivity contribution is 0.627.